The Bertz CT molecular complexity index is 490. The van der Waals surface area contributed by atoms with Crippen LogP contribution in [-0.4, -0.2) is 14.5 Å². The van der Waals surface area contributed by atoms with Crippen molar-refractivity contribution in [3.05, 3.63) is 30.4 Å². The molecule has 16 heavy (non-hydrogen) atoms. The second-order valence-corrected chi connectivity index (χ2v) is 3.48. The van der Waals surface area contributed by atoms with Crippen molar-refractivity contribution in [2.75, 3.05) is 16.8 Å². The molecular weight excluding hydrogens is 204 g/mol. The van der Waals surface area contributed by atoms with Crippen LogP contribution < -0.4 is 16.8 Å². The van der Waals surface area contributed by atoms with Gasteiger partial charge in [-0.05, 0) is 12.1 Å². The van der Waals surface area contributed by atoms with E-state index in [1.807, 2.05) is 17.8 Å². The summed E-state index contributed by atoms with van der Waals surface area (Å²) < 4.78 is 1.94. The van der Waals surface area contributed by atoms with Gasteiger partial charge in [0.15, 0.2) is 0 Å². The zero-order chi connectivity index (χ0) is 11.5. The van der Waals surface area contributed by atoms with Gasteiger partial charge in [0, 0.05) is 19.4 Å². The fraction of sp³-hybridized carbons (Fsp3) is 0.200. The molecule has 0 radical (unpaired) electrons. The predicted octanol–water partition coefficient (Wildman–Crippen LogP) is 0.592. The van der Waals surface area contributed by atoms with Gasteiger partial charge < -0.3 is 21.4 Å². The second kappa shape index (κ2) is 4.09. The zero-order valence-electron chi connectivity index (χ0n) is 9.01. The van der Waals surface area contributed by atoms with Crippen LogP contribution in [0.25, 0.3) is 0 Å². The van der Waals surface area contributed by atoms with Crippen LogP contribution in [0.1, 0.15) is 5.82 Å². The standard InChI is InChI=1S/C10H14N6/c1-16-5-4-13-9(16)6-14-8-3-2-7(11)10(12)15-8/h2-5H,6,11H2,1H3,(H3,12,14,15). The maximum Gasteiger partial charge on any atom is 0.149 e. The van der Waals surface area contributed by atoms with Crippen molar-refractivity contribution in [3.63, 3.8) is 0 Å². The first-order valence-corrected chi connectivity index (χ1v) is 4.89. The average molecular weight is 218 g/mol. The highest BCUT2D eigenvalue weighted by Crippen LogP contribution is 2.14. The van der Waals surface area contributed by atoms with Crippen molar-refractivity contribution in [3.8, 4) is 0 Å². The Morgan fingerprint density at radius 3 is 2.81 bits per heavy atom. The fourth-order valence-electron chi connectivity index (χ4n) is 1.32. The molecular formula is C10H14N6. The van der Waals surface area contributed by atoms with E-state index in [4.69, 9.17) is 11.5 Å². The molecule has 0 aliphatic rings. The minimum Gasteiger partial charge on any atom is -0.396 e. The first-order valence-electron chi connectivity index (χ1n) is 4.89. The molecule has 6 heteroatoms. The minimum atomic E-state index is 0.338. The van der Waals surface area contributed by atoms with E-state index in [-0.39, 0.29) is 0 Å². The summed E-state index contributed by atoms with van der Waals surface area (Å²) in [5, 5.41) is 3.13. The average Bonchev–Trinajstić information content (AvgIpc) is 2.66. The van der Waals surface area contributed by atoms with Crippen molar-refractivity contribution < 1.29 is 0 Å². The van der Waals surface area contributed by atoms with Crippen LogP contribution in [0.3, 0.4) is 0 Å². The van der Waals surface area contributed by atoms with Crippen molar-refractivity contribution in [1.29, 1.82) is 0 Å². The highest BCUT2D eigenvalue weighted by Gasteiger charge is 2.01. The summed E-state index contributed by atoms with van der Waals surface area (Å²) in [6, 6.07) is 3.51. The molecule has 0 atom stereocenters. The monoisotopic (exact) mass is 218 g/mol. The van der Waals surface area contributed by atoms with E-state index < -0.39 is 0 Å². The lowest BCUT2D eigenvalue weighted by atomic mass is 10.4. The number of nitrogens with two attached hydrogens (primary N) is 2. The number of rotatable bonds is 3. The van der Waals surface area contributed by atoms with Crippen molar-refractivity contribution >= 4 is 17.3 Å². The summed E-state index contributed by atoms with van der Waals surface area (Å²) in [5.74, 6) is 1.96. The largest absolute Gasteiger partial charge is 0.396 e. The first kappa shape index (κ1) is 10.3. The molecule has 5 N–H and O–H groups in total. The van der Waals surface area contributed by atoms with E-state index in [0.717, 1.165) is 5.82 Å². The molecule has 0 bridgehead atoms. The molecule has 0 aromatic carbocycles. The molecule has 2 aromatic rings. The third-order valence-electron chi connectivity index (χ3n) is 2.31. The number of hydrogen-bond acceptors (Lipinski definition) is 5. The van der Waals surface area contributed by atoms with Gasteiger partial charge in [-0.25, -0.2) is 9.97 Å². The summed E-state index contributed by atoms with van der Waals surface area (Å²) in [7, 11) is 1.94. The van der Waals surface area contributed by atoms with Crippen LogP contribution in [0.15, 0.2) is 24.5 Å². The lowest BCUT2D eigenvalue weighted by Crippen LogP contribution is -2.08. The van der Waals surface area contributed by atoms with Gasteiger partial charge in [0.2, 0.25) is 0 Å². The maximum atomic E-state index is 5.60. The van der Waals surface area contributed by atoms with Crippen molar-refractivity contribution in [2.45, 2.75) is 6.54 Å². The molecule has 2 rings (SSSR count). The minimum absolute atomic E-state index is 0.338. The molecule has 0 saturated carbocycles. The fourth-order valence-corrected chi connectivity index (χ4v) is 1.32. The Morgan fingerprint density at radius 1 is 1.38 bits per heavy atom. The van der Waals surface area contributed by atoms with Gasteiger partial charge in [-0.3, -0.25) is 0 Å². The van der Waals surface area contributed by atoms with Crippen LogP contribution in [0.4, 0.5) is 17.3 Å². The number of nitrogens with one attached hydrogen (secondary N) is 1. The number of anilines is 3. The summed E-state index contributed by atoms with van der Waals surface area (Å²) in [5.41, 5.74) is 11.7. The number of nitrogens with zero attached hydrogens (tertiary/aromatic N) is 3. The topological polar surface area (TPSA) is 94.8 Å². The second-order valence-electron chi connectivity index (χ2n) is 3.48. The Balaban J connectivity index is 2.05. The molecule has 84 valence electrons. The quantitative estimate of drug-likeness (QED) is 0.701. The number of hydrogen-bond donors (Lipinski definition) is 3. The normalized spacial score (nSPS) is 10.3. The van der Waals surface area contributed by atoms with Gasteiger partial charge in [0.1, 0.15) is 17.5 Å². The summed E-state index contributed by atoms with van der Waals surface area (Å²) in [6.45, 7) is 0.597. The molecule has 0 spiro atoms. The van der Waals surface area contributed by atoms with Gasteiger partial charge >= 0.3 is 0 Å². The van der Waals surface area contributed by atoms with Crippen molar-refractivity contribution in [1.82, 2.24) is 14.5 Å². The lowest BCUT2D eigenvalue weighted by molar-refractivity contribution is 0.811. The van der Waals surface area contributed by atoms with Gasteiger partial charge in [-0.2, -0.15) is 0 Å². The predicted molar refractivity (Wildman–Crippen MR) is 63.6 cm³/mol. The smallest absolute Gasteiger partial charge is 0.149 e. The molecule has 0 aliphatic carbocycles. The number of aromatic nitrogens is 3. The van der Waals surface area contributed by atoms with E-state index >= 15 is 0 Å². The van der Waals surface area contributed by atoms with Gasteiger partial charge in [0.25, 0.3) is 0 Å². The van der Waals surface area contributed by atoms with Crippen LogP contribution in [0.2, 0.25) is 0 Å². The van der Waals surface area contributed by atoms with Crippen LogP contribution >= 0.6 is 0 Å². The van der Waals surface area contributed by atoms with Crippen molar-refractivity contribution in [2.24, 2.45) is 7.05 Å². The Kier molecular flexibility index (Phi) is 2.63. The van der Waals surface area contributed by atoms with E-state index in [1.165, 1.54) is 0 Å². The summed E-state index contributed by atoms with van der Waals surface area (Å²) in [4.78, 5) is 8.29. The Morgan fingerprint density at radius 2 is 2.19 bits per heavy atom. The third kappa shape index (κ3) is 2.05. The van der Waals surface area contributed by atoms with Crippen LogP contribution in [0.5, 0.6) is 0 Å². The van der Waals surface area contributed by atoms with E-state index in [9.17, 15) is 0 Å². The molecule has 2 aromatic heterocycles. The number of pyridine rings is 1. The number of nitrogen functional groups attached to an aromatic ring is 2. The van der Waals surface area contributed by atoms with Crippen LogP contribution in [0, 0.1) is 0 Å². The van der Waals surface area contributed by atoms with Gasteiger partial charge in [0.05, 0.1) is 12.2 Å². The Hall–Kier alpha value is -2.24. The highest BCUT2D eigenvalue weighted by molar-refractivity contribution is 5.61. The van der Waals surface area contributed by atoms with Gasteiger partial charge in [-0.1, -0.05) is 0 Å². The zero-order valence-corrected chi connectivity index (χ0v) is 9.01. The summed E-state index contributed by atoms with van der Waals surface area (Å²) >= 11 is 0. The molecule has 2 heterocycles. The molecule has 0 amide bonds. The lowest BCUT2D eigenvalue weighted by Gasteiger charge is -2.07. The number of aryl methyl sites for hydroxylation is 1. The number of imidazole rings is 1. The molecule has 0 aliphatic heterocycles. The van der Waals surface area contributed by atoms with Gasteiger partial charge in [-0.15, -0.1) is 0 Å². The maximum absolute atomic E-state index is 5.60. The Labute approximate surface area is 93.3 Å². The molecule has 0 unspecified atom stereocenters. The summed E-state index contributed by atoms with van der Waals surface area (Å²) in [6.07, 6.45) is 3.64. The van der Waals surface area contributed by atoms with Crippen LogP contribution in [-0.2, 0) is 13.6 Å². The molecule has 0 saturated heterocycles. The third-order valence-corrected chi connectivity index (χ3v) is 2.31. The SMILES string of the molecule is Cn1ccnc1CNc1ccc(N)c(N)n1. The van der Waals surface area contributed by atoms with E-state index in [0.29, 0.717) is 23.9 Å². The molecule has 6 nitrogen and oxygen atoms in total. The van der Waals surface area contributed by atoms with E-state index in [2.05, 4.69) is 15.3 Å². The highest BCUT2D eigenvalue weighted by atomic mass is 15.1. The van der Waals surface area contributed by atoms with E-state index in [1.54, 1.807) is 18.3 Å². The first-order chi connectivity index (χ1) is 7.66. The molecule has 0 fully saturated rings.